The van der Waals surface area contributed by atoms with Gasteiger partial charge in [-0.1, -0.05) is 49.4 Å². The number of carbonyl (C=O) groups excluding carboxylic acids is 1. The quantitative estimate of drug-likeness (QED) is 0.669. The summed E-state index contributed by atoms with van der Waals surface area (Å²) in [5.41, 5.74) is 1.17. The molecule has 0 saturated carbocycles. The molecule has 0 heterocycles. The van der Waals surface area contributed by atoms with Crippen LogP contribution in [0.3, 0.4) is 0 Å². The van der Waals surface area contributed by atoms with E-state index >= 15 is 0 Å². The summed E-state index contributed by atoms with van der Waals surface area (Å²) in [5, 5.41) is 0. The average molecular weight is 200 g/mol. The van der Waals surface area contributed by atoms with Crippen LogP contribution in [0.1, 0.15) is 31.2 Å². The Hall–Kier alpha value is -1.37. The molecule has 1 aromatic rings. The molecule has 0 bridgehead atoms. The number of hydrogen-bond donors (Lipinski definition) is 0. The van der Waals surface area contributed by atoms with E-state index < -0.39 is 0 Å². The van der Waals surface area contributed by atoms with Crippen molar-refractivity contribution in [3.63, 3.8) is 0 Å². The molecule has 1 aromatic carbocycles. The third-order valence-corrected chi connectivity index (χ3v) is 3.11. The van der Waals surface area contributed by atoms with Gasteiger partial charge in [0.2, 0.25) is 0 Å². The molecule has 0 N–H and O–H groups in total. The van der Waals surface area contributed by atoms with Gasteiger partial charge >= 0.3 is 0 Å². The molecule has 78 valence electrons. The first-order valence-corrected chi connectivity index (χ1v) is 5.57. The van der Waals surface area contributed by atoms with Crippen LogP contribution >= 0.6 is 0 Å². The Morgan fingerprint density at radius 2 is 2.00 bits per heavy atom. The second-order valence-electron chi connectivity index (χ2n) is 4.06. The fraction of sp³-hybridized carbons (Fsp3) is 0.357. The number of rotatable bonds is 2. The number of hydrogen-bond acceptors (Lipinski definition) is 1. The Balaban J connectivity index is 2.33. The standard InChI is InChI=1S/C14H16O/c1-2-11-9-6-10-13(15)14(11)12-7-4-3-5-8-12/h3-9,11,14H,2,10H2,1H3/t11-,14?/m0/s1. The molecule has 0 amide bonds. The molecule has 1 aliphatic carbocycles. The molecule has 0 spiro atoms. The second-order valence-corrected chi connectivity index (χ2v) is 4.06. The van der Waals surface area contributed by atoms with Crippen LogP contribution in [0.2, 0.25) is 0 Å². The van der Waals surface area contributed by atoms with Crippen molar-refractivity contribution in [1.82, 2.24) is 0 Å². The predicted octanol–water partition coefficient (Wildman–Crippen LogP) is 3.33. The van der Waals surface area contributed by atoms with Gasteiger partial charge in [-0.05, 0) is 17.9 Å². The normalized spacial score (nSPS) is 25.5. The fourth-order valence-corrected chi connectivity index (χ4v) is 2.30. The van der Waals surface area contributed by atoms with Crippen LogP contribution < -0.4 is 0 Å². The summed E-state index contributed by atoms with van der Waals surface area (Å²) >= 11 is 0. The zero-order valence-electron chi connectivity index (χ0n) is 9.02. The highest BCUT2D eigenvalue weighted by Crippen LogP contribution is 2.33. The smallest absolute Gasteiger partial charge is 0.144 e. The SMILES string of the molecule is CC[C@H]1C=CCC(=O)C1c1ccccc1. The van der Waals surface area contributed by atoms with Gasteiger partial charge in [-0.25, -0.2) is 0 Å². The summed E-state index contributed by atoms with van der Waals surface area (Å²) < 4.78 is 0. The zero-order valence-corrected chi connectivity index (χ0v) is 9.02. The number of ketones is 1. The third-order valence-electron chi connectivity index (χ3n) is 3.11. The minimum absolute atomic E-state index is 0.0844. The maximum atomic E-state index is 11.9. The molecular formula is C14H16O. The molecule has 1 heteroatoms. The van der Waals surface area contributed by atoms with Crippen molar-refractivity contribution in [2.24, 2.45) is 5.92 Å². The number of allylic oxidation sites excluding steroid dienone is 2. The van der Waals surface area contributed by atoms with E-state index in [0.29, 0.717) is 18.1 Å². The number of benzene rings is 1. The van der Waals surface area contributed by atoms with Crippen molar-refractivity contribution in [3.8, 4) is 0 Å². The van der Waals surface area contributed by atoms with E-state index in [2.05, 4.69) is 25.1 Å². The molecule has 1 nitrogen and oxygen atoms in total. The first-order chi connectivity index (χ1) is 7.33. The summed E-state index contributed by atoms with van der Waals surface area (Å²) in [6.45, 7) is 2.14. The maximum Gasteiger partial charge on any atom is 0.144 e. The first kappa shape index (κ1) is 10.2. The van der Waals surface area contributed by atoms with Crippen molar-refractivity contribution >= 4 is 5.78 Å². The number of carbonyl (C=O) groups is 1. The Kier molecular flexibility index (Phi) is 3.00. The topological polar surface area (TPSA) is 17.1 Å². The van der Waals surface area contributed by atoms with Crippen LogP contribution in [0.15, 0.2) is 42.5 Å². The lowest BCUT2D eigenvalue weighted by Gasteiger charge is -2.25. The third kappa shape index (κ3) is 2.01. The summed E-state index contributed by atoms with van der Waals surface area (Å²) in [6, 6.07) is 10.1. The van der Waals surface area contributed by atoms with Crippen molar-refractivity contribution in [1.29, 1.82) is 0 Å². The summed E-state index contributed by atoms with van der Waals surface area (Å²) in [4.78, 5) is 11.9. The van der Waals surface area contributed by atoms with Crippen molar-refractivity contribution in [2.75, 3.05) is 0 Å². The van der Waals surface area contributed by atoms with Crippen molar-refractivity contribution in [3.05, 3.63) is 48.0 Å². The first-order valence-electron chi connectivity index (χ1n) is 5.57. The fourth-order valence-electron chi connectivity index (χ4n) is 2.30. The molecule has 0 aliphatic heterocycles. The largest absolute Gasteiger partial charge is 0.299 e. The monoisotopic (exact) mass is 200 g/mol. The molecule has 1 aliphatic rings. The van der Waals surface area contributed by atoms with Gasteiger partial charge in [0.25, 0.3) is 0 Å². The van der Waals surface area contributed by atoms with Gasteiger partial charge in [0.05, 0.1) is 0 Å². The Morgan fingerprint density at radius 1 is 1.27 bits per heavy atom. The van der Waals surface area contributed by atoms with Crippen LogP contribution in [0.25, 0.3) is 0 Å². The molecular weight excluding hydrogens is 184 g/mol. The van der Waals surface area contributed by atoms with Crippen LogP contribution in [-0.2, 0) is 4.79 Å². The van der Waals surface area contributed by atoms with Crippen LogP contribution in [0, 0.1) is 5.92 Å². The van der Waals surface area contributed by atoms with E-state index in [9.17, 15) is 4.79 Å². The van der Waals surface area contributed by atoms with E-state index in [1.165, 1.54) is 5.56 Å². The van der Waals surface area contributed by atoms with Crippen LogP contribution in [-0.4, -0.2) is 5.78 Å². The van der Waals surface area contributed by atoms with Gasteiger partial charge in [0.1, 0.15) is 5.78 Å². The summed E-state index contributed by atoms with van der Waals surface area (Å²) in [7, 11) is 0. The van der Waals surface area contributed by atoms with E-state index in [1.807, 2.05) is 24.3 Å². The molecule has 0 saturated heterocycles. The summed E-state index contributed by atoms with van der Waals surface area (Å²) in [6.07, 6.45) is 5.83. The molecule has 2 atom stereocenters. The van der Waals surface area contributed by atoms with Gasteiger partial charge in [0, 0.05) is 12.3 Å². The van der Waals surface area contributed by atoms with Gasteiger partial charge < -0.3 is 0 Å². The Morgan fingerprint density at radius 3 is 2.67 bits per heavy atom. The summed E-state index contributed by atoms with van der Waals surface area (Å²) in [5.74, 6) is 0.824. The second kappa shape index (κ2) is 4.43. The van der Waals surface area contributed by atoms with E-state index in [-0.39, 0.29) is 5.92 Å². The minimum atomic E-state index is 0.0844. The highest BCUT2D eigenvalue weighted by atomic mass is 16.1. The van der Waals surface area contributed by atoms with Crippen LogP contribution in [0.5, 0.6) is 0 Å². The van der Waals surface area contributed by atoms with Crippen molar-refractivity contribution < 1.29 is 4.79 Å². The Bertz CT molecular complexity index is 364. The maximum absolute atomic E-state index is 11.9. The molecule has 0 fully saturated rings. The molecule has 0 radical (unpaired) electrons. The number of Topliss-reactive ketones (excluding diaryl/α,β-unsaturated/α-hetero) is 1. The van der Waals surface area contributed by atoms with Gasteiger partial charge in [-0.2, -0.15) is 0 Å². The molecule has 15 heavy (non-hydrogen) atoms. The van der Waals surface area contributed by atoms with Gasteiger partial charge in [-0.3, -0.25) is 4.79 Å². The van der Waals surface area contributed by atoms with E-state index in [4.69, 9.17) is 0 Å². The predicted molar refractivity (Wildman–Crippen MR) is 61.7 cm³/mol. The van der Waals surface area contributed by atoms with Gasteiger partial charge in [0.15, 0.2) is 0 Å². The lowest BCUT2D eigenvalue weighted by atomic mass is 9.77. The zero-order chi connectivity index (χ0) is 10.7. The minimum Gasteiger partial charge on any atom is -0.299 e. The van der Waals surface area contributed by atoms with Gasteiger partial charge in [-0.15, -0.1) is 0 Å². The van der Waals surface area contributed by atoms with E-state index in [0.717, 1.165) is 6.42 Å². The van der Waals surface area contributed by atoms with E-state index in [1.54, 1.807) is 0 Å². The highest BCUT2D eigenvalue weighted by Gasteiger charge is 2.28. The van der Waals surface area contributed by atoms with Crippen molar-refractivity contribution in [2.45, 2.75) is 25.7 Å². The molecule has 1 unspecified atom stereocenters. The lowest BCUT2D eigenvalue weighted by molar-refractivity contribution is -0.120. The molecule has 2 rings (SSSR count). The average Bonchev–Trinajstić information content (AvgIpc) is 2.29. The molecule has 0 aromatic heterocycles. The highest BCUT2D eigenvalue weighted by molar-refractivity contribution is 5.88. The Labute approximate surface area is 90.8 Å². The lowest BCUT2D eigenvalue weighted by Crippen LogP contribution is -2.22. The van der Waals surface area contributed by atoms with Crippen LogP contribution in [0.4, 0.5) is 0 Å².